The van der Waals surface area contributed by atoms with Gasteiger partial charge in [-0.15, -0.1) is 0 Å². The molecule has 0 aromatic rings. The monoisotopic (exact) mass is 406 g/mol. The van der Waals surface area contributed by atoms with Gasteiger partial charge in [-0.1, -0.05) is 15.9 Å². The molecule has 0 fully saturated rings. The first-order chi connectivity index (χ1) is 9.90. The van der Waals surface area contributed by atoms with E-state index in [4.69, 9.17) is 0 Å². The van der Waals surface area contributed by atoms with Gasteiger partial charge in [0.15, 0.2) is 6.61 Å². The Morgan fingerprint density at radius 2 is 1.50 bits per heavy atom. The summed E-state index contributed by atoms with van der Waals surface area (Å²) in [5.41, 5.74) is 0. The molecule has 4 nitrogen and oxygen atoms in total. The summed E-state index contributed by atoms with van der Waals surface area (Å²) in [6, 6.07) is 0. The summed E-state index contributed by atoms with van der Waals surface area (Å²) in [5.74, 6) is -7.41. The molecular formula is C10H10BrF7O4. The molecule has 0 saturated carbocycles. The van der Waals surface area contributed by atoms with E-state index in [-0.39, 0.29) is 0 Å². The lowest BCUT2D eigenvalue weighted by Crippen LogP contribution is -2.35. The molecule has 0 radical (unpaired) electrons. The van der Waals surface area contributed by atoms with Gasteiger partial charge in [0.05, 0.1) is 12.8 Å². The predicted octanol–water partition coefficient (Wildman–Crippen LogP) is 3.08. The van der Waals surface area contributed by atoms with E-state index in [1.165, 1.54) is 0 Å². The van der Waals surface area contributed by atoms with Crippen LogP contribution in [0.25, 0.3) is 0 Å². The van der Waals surface area contributed by atoms with Crippen molar-refractivity contribution in [3.05, 3.63) is 0 Å². The average Bonchev–Trinajstić information content (AvgIpc) is 2.38. The highest BCUT2D eigenvalue weighted by molar-refractivity contribution is 9.09. The summed E-state index contributed by atoms with van der Waals surface area (Å²) < 4.78 is 92.9. The summed E-state index contributed by atoms with van der Waals surface area (Å²) in [5, 5.41) is -0.729. The van der Waals surface area contributed by atoms with E-state index in [1.807, 2.05) is 0 Å². The molecule has 12 heteroatoms. The molecule has 0 aromatic carbocycles. The van der Waals surface area contributed by atoms with Crippen LogP contribution >= 0.6 is 15.9 Å². The Kier molecular flexibility index (Phi) is 8.12. The molecule has 22 heavy (non-hydrogen) atoms. The second-order valence-electron chi connectivity index (χ2n) is 3.90. The maximum Gasteiger partial charge on any atom is 0.426 e. The quantitative estimate of drug-likeness (QED) is 0.353. The van der Waals surface area contributed by atoms with E-state index in [1.54, 1.807) is 0 Å². The van der Waals surface area contributed by atoms with E-state index in [9.17, 15) is 40.3 Å². The van der Waals surface area contributed by atoms with Gasteiger partial charge in [0.25, 0.3) is 0 Å². The van der Waals surface area contributed by atoms with E-state index >= 15 is 0 Å². The Bertz CT molecular complexity index is 386. The highest BCUT2D eigenvalue weighted by atomic mass is 79.9. The van der Waals surface area contributed by atoms with Crippen molar-refractivity contribution in [2.75, 3.05) is 11.9 Å². The lowest BCUT2D eigenvalue weighted by molar-refractivity contribution is -0.214. The van der Waals surface area contributed by atoms with E-state index < -0.39 is 61.3 Å². The maximum absolute atomic E-state index is 12.4. The first-order valence-electron chi connectivity index (χ1n) is 5.54. The normalized spacial score (nSPS) is 13.9. The number of esters is 2. The van der Waals surface area contributed by atoms with Crippen LogP contribution in [-0.2, 0) is 19.1 Å². The molecular weight excluding hydrogens is 397 g/mol. The fraction of sp³-hybridized carbons (Fsp3) is 0.800. The minimum Gasteiger partial charge on any atom is -0.459 e. The largest absolute Gasteiger partial charge is 0.459 e. The Hall–Kier alpha value is -1.07. The molecule has 0 rings (SSSR count). The third kappa shape index (κ3) is 7.80. The van der Waals surface area contributed by atoms with Crippen LogP contribution in [0.3, 0.4) is 0 Å². The SMILES string of the molecule is O=C(CCC(=O)OC(CBr)C(F)(F)F)OCC(F)(F)C(F)F. The minimum absolute atomic E-state index is 0.729. The molecule has 130 valence electrons. The fourth-order valence-electron chi connectivity index (χ4n) is 0.919. The maximum atomic E-state index is 12.4. The van der Waals surface area contributed by atoms with Crippen molar-refractivity contribution in [2.24, 2.45) is 0 Å². The summed E-state index contributed by atoms with van der Waals surface area (Å²) in [7, 11) is 0. The molecule has 0 N–H and O–H groups in total. The lowest BCUT2D eigenvalue weighted by atomic mass is 10.3. The first kappa shape index (κ1) is 20.9. The van der Waals surface area contributed by atoms with Gasteiger partial charge >= 0.3 is 30.5 Å². The van der Waals surface area contributed by atoms with Crippen molar-refractivity contribution in [1.29, 1.82) is 0 Å². The molecule has 0 aliphatic rings. The van der Waals surface area contributed by atoms with Crippen LogP contribution in [0.4, 0.5) is 30.7 Å². The predicted molar refractivity (Wildman–Crippen MR) is 60.9 cm³/mol. The molecule has 0 bridgehead atoms. The van der Waals surface area contributed by atoms with Crippen molar-refractivity contribution >= 4 is 27.9 Å². The molecule has 0 spiro atoms. The zero-order chi connectivity index (χ0) is 17.6. The zero-order valence-electron chi connectivity index (χ0n) is 10.6. The van der Waals surface area contributed by atoms with Gasteiger partial charge in [0, 0.05) is 5.33 Å². The Balaban J connectivity index is 4.18. The second-order valence-corrected chi connectivity index (χ2v) is 4.54. The van der Waals surface area contributed by atoms with E-state index in [2.05, 4.69) is 25.4 Å². The fourth-order valence-corrected chi connectivity index (χ4v) is 1.42. The van der Waals surface area contributed by atoms with Crippen LogP contribution < -0.4 is 0 Å². The van der Waals surface area contributed by atoms with Gasteiger partial charge in [-0.05, 0) is 0 Å². The van der Waals surface area contributed by atoms with Gasteiger partial charge in [-0.2, -0.15) is 22.0 Å². The number of carbonyl (C=O) groups is 2. The molecule has 0 aromatic heterocycles. The number of ether oxygens (including phenoxy) is 2. The Labute approximate surface area is 128 Å². The zero-order valence-corrected chi connectivity index (χ0v) is 12.2. The molecule has 0 aliphatic carbocycles. The molecule has 1 atom stereocenters. The number of carbonyl (C=O) groups excluding carboxylic acids is 2. The first-order valence-corrected chi connectivity index (χ1v) is 6.66. The van der Waals surface area contributed by atoms with Gasteiger partial charge in [-0.3, -0.25) is 9.59 Å². The topological polar surface area (TPSA) is 52.6 Å². The van der Waals surface area contributed by atoms with Gasteiger partial charge < -0.3 is 9.47 Å². The van der Waals surface area contributed by atoms with Gasteiger partial charge in [0.2, 0.25) is 6.10 Å². The van der Waals surface area contributed by atoms with Crippen LogP contribution in [0, 0.1) is 0 Å². The average molecular weight is 407 g/mol. The van der Waals surface area contributed by atoms with Crippen molar-refractivity contribution in [3.8, 4) is 0 Å². The van der Waals surface area contributed by atoms with Crippen molar-refractivity contribution in [3.63, 3.8) is 0 Å². The summed E-state index contributed by atoms with van der Waals surface area (Å²) in [4.78, 5) is 22.0. The number of halogens is 8. The molecule has 0 saturated heterocycles. The number of alkyl halides is 8. The Morgan fingerprint density at radius 1 is 1.00 bits per heavy atom. The smallest absolute Gasteiger partial charge is 0.426 e. The Morgan fingerprint density at radius 3 is 1.91 bits per heavy atom. The summed E-state index contributed by atoms with van der Waals surface area (Å²) >= 11 is 2.48. The van der Waals surface area contributed by atoms with Crippen LogP contribution in [0.15, 0.2) is 0 Å². The third-order valence-electron chi connectivity index (χ3n) is 2.06. The third-order valence-corrected chi connectivity index (χ3v) is 2.65. The van der Waals surface area contributed by atoms with Gasteiger partial charge in [0.1, 0.15) is 0 Å². The minimum atomic E-state index is -4.82. The lowest BCUT2D eigenvalue weighted by Gasteiger charge is -2.18. The van der Waals surface area contributed by atoms with Crippen LogP contribution in [0.1, 0.15) is 12.8 Å². The number of hydrogen-bond donors (Lipinski definition) is 0. The summed E-state index contributed by atoms with van der Waals surface area (Å²) in [6.07, 6.45) is -13.1. The van der Waals surface area contributed by atoms with Crippen molar-refractivity contribution in [1.82, 2.24) is 0 Å². The van der Waals surface area contributed by atoms with Crippen LogP contribution in [-0.4, -0.2) is 48.5 Å². The number of rotatable bonds is 8. The second kappa shape index (κ2) is 8.53. The van der Waals surface area contributed by atoms with E-state index in [0.29, 0.717) is 0 Å². The number of hydrogen-bond acceptors (Lipinski definition) is 4. The van der Waals surface area contributed by atoms with E-state index in [0.717, 1.165) is 0 Å². The van der Waals surface area contributed by atoms with Gasteiger partial charge in [-0.25, -0.2) is 8.78 Å². The highest BCUT2D eigenvalue weighted by Crippen LogP contribution is 2.25. The van der Waals surface area contributed by atoms with Crippen LogP contribution in [0.2, 0.25) is 0 Å². The van der Waals surface area contributed by atoms with Crippen molar-refractivity contribution in [2.45, 2.75) is 37.5 Å². The molecule has 0 amide bonds. The highest BCUT2D eigenvalue weighted by Gasteiger charge is 2.43. The van der Waals surface area contributed by atoms with Crippen LogP contribution in [0.5, 0.6) is 0 Å². The van der Waals surface area contributed by atoms with Crippen molar-refractivity contribution < 1.29 is 49.8 Å². The molecule has 0 heterocycles. The molecule has 0 aliphatic heterocycles. The summed E-state index contributed by atoms with van der Waals surface area (Å²) in [6.45, 7) is -1.90. The molecule has 1 unspecified atom stereocenters. The standard InChI is InChI=1S/C10H10BrF7O4/c11-3-5(10(16,17)18)22-7(20)2-1-6(19)21-4-9(14,15)8(12)13/h5,8H,1-4H2.